The van der Waals surface area contributed by atoms with E-state index in [-0.39, 0.29) is 12.0 Å². The van der Waals surface area contributed by atoms with Crippen LogP contribution in [0.2, 0.25) is 0 Å². The van der Waals surface area contributed by atoms with E-state index >= 15 is 0 Å². The minimum atomic E-state index is -0.440. The molecule has 0 saturated carbocycles. The van der Waals surface area contributed by atoms with Gasteiger partial charge in [0.1, 0.15) is 0 Å². The maximum Gasteiger partial charge on any atom is 0.335 e. The summed E-state index contributed by atoms with van der Waals surface area (Å²) in [5, 5.41) is 6.65. The summed E-state index contributed by atoms with van der Waals surface area (Å²) in [7, 11) is 2.74. The van der Waals surface area contributed by atoms with Crippen LogP contribution in [0.1, 0.15) is 12.8 Å². The van der Waals surface area contributed by atoms with Gasteiger partial charge in [0.25, 0.3) is 0 Å². The molecule has 146 valence electrons. The number of methoxy groups -OCH3 is 2. The van der Waals surface area contributed by atoms with Crippen molar-refractivity contribution < 1.29 is 19.1 Å². The van der Waals surface area contributed by atoms with Crippen molar-refractivity contribution in [3.05, 3.63) is 71.9 Å². The highest BCUT2D eigenvalue weighted by Gasteiger charge is 2.38. The lowest BCUT2D eigenvalue weighted by Gasteiger charge is -2.33. The van der Waals surface area contributed by atoms with Crippen molar-refractivity contribution in [3.63, 3.8) is 0 Å². The molecule has 2 atom stereocenters. The van der Waals surface area contributed by atoms with Crippen LogP contribution in [-0.2, 0) is 19.1 Å². The van der Waals surface area contributed by atoms with Crippen LogP contribution in [0.5, 0.6) is 0 Å². The Bertz CT molecular complexity index is 849. The van der Waals surface area contributed by atoms with Gasteiger partial charge in [-0.3, -0.25) is 4.79 Å². The number of carbonyl (C=O) groups excluding carboxylic acids is 2. The highest BCUT2D eigenvalue weighted by atomic mass is 16.5. The zero-order chi connectivity index (χ0) is 19.9. The monoisotopic (exact) mass is 380 g/mol. The molecule has 0 aromatic heterocycles. The van der Waals surface area contributed by atoms with Crippen LogP contribution in [-0.4, -0.2) is 32.2 Å². The third-order valence-electron chi connectivity index (χ3n) is 4.83. The van der Waals surface area contributed by atoms with Gasteiger partial charge in [0.05, 0.1) is 25.7 Å². The molecule has 0 spiro atoms. The fraction of sp³-hybridized carbons (Fsp3) is 0.273. The number of carbonyl (C=O) groups is 2. The van der Waals surface area contributed by atoms with Crippen LogP contribution < -0.4 is 10.6 Å². The lowest BCUT2D eigenvalue weighted by atomic mass is 9.82. The normalized spacial score (nSPS) is 18.9. The number of hydrogen-bond acceptors (Lipinski definition) is 6. The van der Waals surface area contributed by atoms with Crippen molar-refractivity contribution >= 4 is 23.3 Å². The largest absolute Gasteiger partial charge is 0.469 e. The summed E-state index contributed by atoms with van der Waals surface area (Å²) in [6.45, 7) is 0. The van der Waals surface area contributed by atoms with Crippen LogP contribution in [0, 0.1) is 5.92 Å². The van der Waals surface area contributed by atoms with E-state index in [0.29, 0.717) is 24.1 Å². The molecule has 6 nitrogen and oxygen atoms in total. The highest BCUT2D eigenvalue weighted by Crippen LogP contribution is 2.34. The van der Waals surface area contributed by atoms with Gasteiger partial charge in [-0.15, -0.1) is 0 Å². The van der Waals surface area contributed by atoms with E-state index in [4.69, 9.17) is 9.47 Å². The number of para-hydroxylation sites is 2. The number of allylic oxidation sites excluding steroid dienone is 1. The van der Waals surface area contributed by atoms with Crippen LogP contribution in [0.25, 0.3) is 0 Å². The Kier molecular flexibility index (Phi) is 6.32. The van der Waals surface area contributed by atoms with E-state index < -0.39 is 11.9 Å². The maximum absolute atomic E-state index is 12.5. The predicted octanol–water partition coefficient (Wildman–Crippen LogP) is 3.59. The molecule has 0 aliphatic heterocycles. The fourth-order valence-corrected chi connectivity index (χ4v) is 3.42. The molecule has 2 aromatic carbocycles. The Labute approximate surface area is 164 Å². The Morgan fingerprint density at radius 2 is 1.46 bits per heavy atom. The van der Waals surface area contributed by atoms with Gasteiger partial charge in [0.15, 0.2) is 0 Å². The number of benzene rings is 2. The molecule has 3 rings (SSSR count). The number of hydrogen-bond donors (Lipinski definition) is 2. The van der Waals surface area contributed by atoms with Crippen molar-refractivity contribution in [3.8, 4) is 0 Å². The number of anilines is 2. The molecule has 1 aliphatic rings. The maximum atomic E-state index is 12.5. The van der Waals surface area contributed by atoms with Crippen molar-refractivity contribution in [2.75, 3.05) is 24.9 Å². The molecule has 0 radical (unpaired) electrons. The van der Waals surface area contributed by atoms with Gasteiger partial charge in [-0.25, -0.2) is 4.79 Å². The molecular formula is C22H24N2O4. The quantitative estimate of drug-likeness (QED) is 0.746. The summed E-state index contributed by atoms with van der Waals surface area (Å²) in [6, 6.07) is 18.8. The number of nitrogens with one attached hydrogen (secondary N) is 2. The first-order chi connectivity index (χ1) is 13.6. The molecule has 28 heavy (non-hydrogen) atoms. The molecule has 0 bridgehead atoms. The Hall–Kier alpha value is -3.28. The van der Waals surface area contributed by atoms with Crippen molar-refractivity contribution in [2.24, 2.45) is 5.92 Å². The first-order valence-corrected chi connectivity index (χ1v) is 9.14. The van der Waals surface area contributed by atoms with Crippen LogP contribution in [0.3, 0.4) is 0 Å². The Balaban J connectivity index is 1.94. The summed E-state index contributed by atoms with van der Waals surface area (Å²) < 4.78 is 10.0. The van der Waals surface area contributed by atoms with Crippen molar-refractivity contribution in [2.45, 2.75) is 18.9 Å². The van der Waals surface area contributed by atoms with Crippen LogP contribution in [0.4, 0.5) is 11.4 Å². The highest BCUT2D eigenvalue weighted by molar-refractivity contribution is 5.91. The number of ether oxygens (including phenoxy) is 2. The molecular weight excluding hydrogens is 356 g/mol. The molecule has 6 heteroatoms. The third-order valence-corrected chi connectivity index (χ3v) is 4.83. The lowest BCUT2D eigenvalue weighted by molar-refractivity contribution is -0.146. The van der Waals surface area contributed by atoms with E-state index in [9.17, 15) is 9.59 Å². The standard InChI is InChI=1S/C22H24N2O4/c1-27-21(25)17-13-20(24-16-11-7-4-8-12-16)18(22(26)28-2)14-19(17)23-15-9-5-3-6-10-15/h3-12,17,19,23-24H,13-14H2,1-2H3. The molecule has 2 unspecified atom stereocenters. The van der Waals surface area contributed by atoms with Gasteiger partial charge in [-0.2, -0.15) is 0 Å². The predicted molar refractivity (Wildman–Crippen MR) is 108 cm³/mol. The van der Waals surface area contributed by atoms with Crippen LogP contribution in [0.15, 0.2) is 71.9 Å². The molecule has 1 aliphatic carbocycles. The van der Waals surface area contributed by atoms with Crippen molar-refractivity contribution in [1.29, 1.82) is 0 Å². The lowest BCUT2D eigenvalue weighted by Crippen LogP contribution is -2.41. The summed E-state index contributed by atoms with van der Waals surface area (Å²) >= 11 is 0. The summed E-state index contributed by atoms with van der Waals surface area (Å²) in [6.07, 6.45) is 0.688. The summed E-state index contributed by atoms with van der Waals surface area (Å²) in [4.78, 5) is 24.9. The van der Waals surface area contributed by atoms with Crippen LogP contribution >= 0.6 is 0 Å². The van der Waals surface area contributed by atoms with Gasteiger partial charge in [-0.1, -0.05) is 36.4 Å². The molecule has 2 N–H and O–H groups in total. The third kappa shape index (κ3) is 4.52. The van der Waals surface area contributed by atoms with Gasteiger partial charge < -0.3 is 20.1 Å². The molecule has 0 fully saturated rings. The zero-order valence-corrected chi connectivity index (χ0v) is 16.0. The average molecular weight is 380 g/mol. The summed E-state index contributed by atoms with van der Waals surface area (Å²) in [5.74, 6) is -1.16. The Morgan fingerprint density at radius 1 is 0.857 bits per heavy atom. The van der Waals surface area contributed by atoms with Gasteiger partial charge in [-0.05, 0) is 24.3 Å². The van der Waals surface area contributed by atoms with E-state index in [1.807, 2.05) is 60.7 Å². The van der Waals surface area contributed by atoms with Gasteiger partial charge >= 0.3 is 11.9 Å². The number of esters is 2. The molecule has 0 amide bonds. The van der Waals surface area contributed by atoms with E-state index in [1.165, 1.54) is 14.2 Å². The molecule has 0 saturated heterocycles. The second-order valence-electron chi connectivity index (χ2n) is 6.59. The molecule has 2 aromatic rings. The summed E-state index contributed by atoms with van der Waals surface area (Å²) in [5.41, 5.74) is 2.93. The first kappa shape index (κ1) is 19.5. The Morgan fingerprint density at radius 3 is 2.04 bits per heavy atom. The topological polar surface area (TPSA) is 76.7 Å². The first-order valence-electron chi connectivity index (χ1n) is 9.14. The minimum absolute atomic E-state index is 0.287. The van der Waals surface area contributed by atoms with E-state index in [1.54, 1.807) is 0 Å². The average Bonchev–Trinajstić information content (AvgIpc) is 2.74. The van der Waals surface area contributed by atoms with Crippen molar-refractivity contribution in [1.82, 2.24) is 0 Å². The minimum Gasteiger partial charge on any atom is -0.469 e. The smallest absolute Gasteiger partial charge is 0.335 e. The zero-order valence-electron chi connectivity index (χ0n) is 16.0. The second kappa shape index (κ2) is 9.08. The van der Waals surface area contributed by atoms with E-state index in [0.717, 1.165) is 11.4 Å². The van der Waals surface area contributed by atoms with Gasteiger partial charge in [0, 0.05) is 36.0 Å². The van der Waals surface area contributed by atoms with E-state index in [2.05, 4.69) is 10.6 Å². The fourth-order valence-electron chi connectivity index (χ4n) is 3.42. The molecule has 0 heterocycles. The number of rotatable bonds is 6. The SMILES string of the molecule is COC(=O)C1=C(Nc2ccccc2)CC(C(=O)OC)C(Nc2ccccc2)C1. The van der Waals surface area contributed by atoms with Gasteiger partial charge in [0.2, 0.25) is 0 Å². The second-order valence-corrected chi connectivity index (χ2v) is 6.59.